The number of anilines is 1. The van der Waals surface area contributed by atoms with Crippen LogP contribution in [0.2, 0.25) is 0 Å². The Labute approximate surface area is 179 Å². The number of thiazole rings is 1. The van der Waals surface area contributed by atoms with Crippen molar-refractivity contribution in [1.82, 2.24) is 15.3 Å². The number of rotatable bonds is 8. The SMILES string of the molecule is COc1cccc([C@@H](NC(=O)Cc2csc(NC(=O)C(C)C)n2)c2ccccn2)c1. The molecule has 30 heavy (non-hydrogen) atoms. The Morgan fingerprint density at radius 3 is 2.70 bits per heavy atom. The predicted octanol–water partition coefficient (Wildman–Crippen LogP) is 3.59. The number of nitrogens with one attached hydrogen (secondary N) is 2. The van der Waals surface area contributed by atoms with Gasteiger partial charge in [0, 0.05) is 17.5 Å². The monoisotopic (exact) mass is 424 g/mol. The molecule has 0 aliphatic heterocycles. The van der Waals surface area contributed by atoms with Gasteiger partial charge >= 0.3 is 0 Å². The van der Waals surface area contributed by atoms with Gasteiger partial charge in [-0.1, -0.05) is 32.0 Å². The molecule has 0 bridgehead atoms. The average Bonchev–Trinajstić information content (AvgIpc) is 3.19. The Hall–Kier alpha value is -3.26. The van der Waals surface area contributed by atoms with Crippen LogP contribution in [0.3, 0.4) is 0 Å². The van der Waals surface area contributed by atoms with Gasteiger partial charge in [0.2, 0.25) is 11.8 Å². The first-order chi connectivity index (χ1) is 14.5. The number of aromatic nitrogens is 2. The fourth-order valence-electron chi connectivity index (χ4n) is 2.77. The van der Waals surface area contributed by atoms with E-state index in [0.717, 1.165) is 11.3 Å². The lowest BCUT2D eigenvalue weighted by Crippen LogP contribution is -2.31. The number of hydrogen-bond donors (Lipinski definition) is 2. The van der Waals surface area contributed by atoms with Crippen molar-refractivity contribution < 1.29 is 14.3 Å². The highest BCUT2D eigenvalue weighted by molar-refractivity contribution is 7.13. The maximum Gasteiger partial charge on any atom is 0.228 e. The summed E-state index contributed by atoms with van der Waals surface area (Å²) in [6.07, 6.45) is 1.79. The Balaban J connectivity index is 1.74. The predicted molar refractivity (Wildman–Crippen MR) is 117 cm³/mol. The van der Waals surface area contributed by atoms with Crippen LogP contribution in [-0.2, 0) is 16.0 Å². The molecular formula is C22H24N4O3S. The van der Waals surface area contributed by atoms with Crippen molar-refractivity contribution in [3.63, 3.8) is 0 Å². The number of carbonyl (C=O) groups excluding carboxylic acids is 2. The van der Waals surface area contributed by atoms with E-state index in [0.29, 0.717) is 16.6 Å². The zero-order valence-electron chi connectivity index (χ0n) is 17.1. The molecule has 2 heterocycles. The van der Waals surface area contributed by atoms with Crippen LogP contribution in [0.25, 0.3) is 0 Å². The van der Waals surface area contributed by atoms with E-state index in [9.17, 15) is 9.59 Å². The second-order valence-electron chi connectivity index (χ2n) is 7.00. The van der Waals surface area contributed by atoms with Crippen LogP contribution < -0.4 is 15.4 Å². The molecule has 2 N–H and O–H groups in total. The van der Waals surface area contributed by atoms with E-state index >= 15 is 0 Å². The largest absolute Gasteiger partial charge is 0.497 e. The lowest BCUT2D eigenvalue weighted by Gasteiger charge is -2.19. The van der Waals surface area contributed by atoms with Gasteiger partial charge in [-0.05, 0) is 29.8 Å². The lowest BCUT2D eigenvalue weighted by molar-refractivity contribution is -0.121. The fourth-order valence-corrected chi connectivity index (χ4v) is 3.48. The quantitative estimate of drug-likeness (QED) is 0.576. The van der Waals surface area contributed by atoms with Gasteiger partial charge in [0.25, 0.3) is 0 Å². The maximum absolute atomic E-state index is 12.8. The highest BCUT2D eigenvalue weighted by atomic mass is 32.1. The zero-order chi connectivity index (χ0) is 21.5. The zero-order valence-corrected chi connectivity index (χ0v) is 17.9. The van der Waals surface area contributed by atoms with Crippen LogP contribution in [0.1, 0.15) is 36.8 Å². The number of benzene rings is 1. The Morgan fingerprint density at radius 1 is 1.17 bits per heavy atom. The topological polar surface area (TPSA) is 93.2 Å². The number of pyridine rings is 1. The van der Waals surface area contributed by atoms with Gasteiger partial charge in [0.1, 0.15) is 5.75 Å². The molecular weight excluding hydrogens is 400 g/mol. The van der Waals surface area contributed by atoms with Crippen molar-refractivity contribution >= 4 is 28.3 Å². The van der Waals surface area contributed by atoms with Crippen molar-refractivity contribution in [1.29, 1.82) is 0 Å². The van der Waals surface area contributed by atoms with Crippen molar-refractivity contribution in [2.24, 2.45) is 5.92 Å². The van der Waals surface area contributed by atoms with Gasteiger partial charge < -0.3 is 15.4 Å². The molecule has 0 unspecified atom stereocenters. The fraction of sp³-hybridized carbons (Fsp3) is 0.273. The molecule has 0 fully saturated rings. The summed E-state index contributed by atoms with van der Waals surface area (Å²) in [6, 6.07) is 12.7. The molecule has 156 valence electrons. The van der Waals surface area contributed by atoms with Gasteiger partial charge in [-0.25, -0.2) is 4.98 Å². The van der Waals surface area contributed by atoms with Gasteiger partial charge in [-0.3, -0.25) is 14.6 Å². The highest BCUT2D eigenvalue weighted by Crippen LogP contribution is 2.24. The summed E-state index contributed by atoms with van der Waals surface area (Å²) >= 11 is 1.30. The summed E-state index contributed by atoms with van der Waals surface area (Å²) in [4.78, 5) is 33.3. The van der Waals surface area contributed by atoms with Crippen molar-refractivity contribution in [2.45, 2.75) is 26.3 Å². The van der Waals surface area contributed by atoms with E-state index in [-0.39, 0.29) is 24.2 Å². The minimum Gasteiger partial charge on any atom is -0.497 e. The summed E-state index contributed by atoms with van der Waals surface area (Å²) in [5.74, 6) is 0.268. The molecule has 7 nitrogen and oxygen atoms in total. The third-order valence-electron chi connectivity index (χ3n) is 4.36. The maximum atomic E-state index is 12.8. The smallest absolute Gasteiger partial charge is 0.228 e. The third-order valence-corrected chi connectivity index (χ3v) is 5.17. The molecule has 2 aromatic heterocycles. The van der Waals surface area contributed by atoms with E-state index in [1.165, 1.54) is 11.3 Å². The van der Waals surface area contributed by atoms with Gasteiger partial charge in [0.05, 0.1) is 31.0 Å². The number of methoxy groups -OCH3 is 1. The molecule has 3 aromatic rings. The molecule has 0 radical (unpaired) electrons. The molecule has 0 saturated heterocycles. The summed E-state index contributed by atoms with van der Waals surface area (Å²) in [7, 11) is 1.60. The average molecular weight is 425 g/mol. The third kappa shape index (κ3) is 5.64. The summed E-state index contributed by atoms with van der Waals surface area (Å²) < 4.78 is 5.32. The summed E-state index contributed by atoms with van der Waals surface area (Å²) in [6.45, 7) is 3.63. The normalized spacial score (nSPS) is 11.7. The summed E-state index contributed by atoms with van der Waals surface area (Å²) in [5.41, 5.74) is 2.19. The molecule has 0 aliphatic rings. The van der Waals surface area contributed by atoms with Gasteiger partial charge in [-0.2, -0.15) is 0 Å². The Kier molecular flexibility index (Phi) is 7.13. The Morgan fingerprint density at radius 2 is 2.00 bits per heavy atom. The van der Waals surface area contributed by atoms with E-state index in [4.69, 9.17) is 4.74 Å². The molecule has 0 aliphatic carbocycles. The van der Waals surface area contributed by atoms with E-state index in [1.54, 1.807) is 18.7 Å². The van der Waals surface area contributed by atoms with Crippen LogP contribution in [0, 0.1) is 5.92 Å². The van der Waals surface area contributed by atoms with E-state index in [2.05, 4.69) is 20.6 Å². The molecule has 1 aromatic carbocycles. The Bertz CT molecular complexity index is 1000. The van der Waals surface area contributed by atoms with Crippen LogP contribution >= 0.6 is 11.3 Å². The number of ether oxygens (including phenoxy) is 1. The molecule has 3 rings (SSSR count). The number of hydrogen-bond acceptors (Lipinski definition) is 6. The molecule has 0 spiro atoms. The number of amides is 2. The first-order valence-corrected chi connectivity index (χ1v) is 10.4. The lowest BCUT2D eigenvalue weighted by atomic mass is 10.0. The standard InChI is InChI=1S/C22H24N4O3S/c1-14(2)21(28)26-22-24-16(13-30-22)12-19(27)25-20(18-9-4-5-10-23-18)15-7-6-8-17(11-15)29-3/h4-11,13-14,20H,12H2,1-3H3,(H,25,27)(H,24,26,28)/t20-/m1/s1. The van der Waals surface area contributed by atoms with E-state index < -0.39 is 6.04 Å². The second kappa shape index (κ2) is 9.98. The molecule has 8 heteroatoms. The number of nitrogens with zero attached hydrogens (tertiary/aromatic N) is 2. The molecule has 1 atom stereocenters. The summed E-state index contributed by atoms with van der Waals surface area (Å²) in [5, 5.41) is 8.06. The van der Waals surface area contributed by atoms with E-state index in [1.807, 2.05) is 56.3 Å². The molecule has 0 saturated carbocycles. The van der Waals surface area contributed by atoms with Crippen molar-refractivity contribution in [2.75, 3.05) is 12.4 Å². The first kappa shape index (κ1) is 21.4. The van der Waals surface area contributed by atoms with Gasteiger partial charge in [0.15, 0.2) is 5.13 Å². The first-order valence-electron chi connectivity index (χ1n) is 9.55. The minimum absolute atomic E-state index is 0.0986. The van der Waals surface area contributed by atoms with Crippen molar-refractivity contribution in [3.05, 3.63) is 71.0 Å². The second-order valence-corrected chi connectivity index (χ2v) is 7.85. The van der Waals surface area contributed by atoms with Crippen LogP contribution in [-0.4, -0.2) is 28.9 Å². The minimum atomic E-state index is -0.424. The van der Waals surface area contributed by atoms with Crippen molar-refractivity contribution in [3.8, 4) is 5.75 Å². The molecule has 2 amide bonds. The van der Waals surface area contributed by atoms with Crippen LogP contribution in [0.4, 0.5) is 5.13 Å². The highest BCUT2D eigenvalue weighted by Gasteiger charge is 2.20. The van der Waals surface area contributed by atoms with Crippen LogP contribution in [0.5, 0.6) is 5.75 Å². The van der Waals surface area contributed by atoms with Crippen LogP contribution in [0.15, 0.2) is 54.0 Å². The number of carbonyl (C=O) groups is 2. The van der Waals surface area contributed by atoms with Gasteiger partial charge in [-0.15, -0.1) is 11.3 Å².